The van der Waals surface area contributed by atoms with Gasteiger partial charge in [-0.2, -0.15) is 0 Å². The summed E-state index contributed by atoms with van der Waals surface area (Å²) in [6.45, 7) is 2.58. The van der Waals surface area contributed by atoms with Crippen LogP contribution in [0.4, 0.5) is 11.4 Å². The number of carbonyl (C=O) groups is 1. The molecule has 0 spiro atoms. The summed E-state index contributed by atoms with van der Waals surface area (Å²) >= 11 is 1.40. The number of carboxylic acids is 1. The monoisotopic (exact) mass is 462 g/mol. The van der Waals surface area contributed by atoms with Crippen LogP contribution in [-0.4, -0.2) is 38.3 Å². The number of nitrogens with one attached hydrogen (secondary N) is 1. The average molecular weight is 463 g/mol. The molecule has 2 N–H and O–H groups in total. The highest BCUT2D eigenvalue weighted by Crippen LogP contribution is 2.41. The topological polar surface area (TPSA) is 95.9 Å². The fourth-order valence-electron chi connectivity index (χ4n) is 3.47. The first-order chi connectivity index (χ1) is 14.9. The number of fused-ring (bicyclic) bond motifs is 1. The van der Waals surface area contributed by atoms with Crippen LogP contribution in [0.2, 0.25) is 0 Å². The average Bonchev–Trinajstić information content (AvgIpc) is 2.85. The van der Waals surface area contributed by atoms with Crippen molar-refractivity contribution in [3.8, 4) is 5.75 Å². The second-order valence-corrected chi connectivity index (χ2v) is 9.67. The van der Waals surface area contributed by atoms with Gasteiger partial charge in [-0.1, -0.05) is 38.0 Å². The quantitative estimate of drug-likeness (QED) is 0.341. The largest absolute Gasteiger partial charge is 0.478 e. The molecule has 0 saturated carbocycles. The summed E-state index contributed by atoms with van der Waals surface area (Å²) in [4.78, 5) is 13.6. The molecule has 2 aromatic rings. The number of hydrogen-bond donors (Lipinski definition) is 2. The third-order valence-electron chi connectivity index (χ3n) is 4.93. The number of hydrogen-bond acceptors (Lipinski definition) is 6. The Hall–Kier alpha value is -2.49. The minimum absolute atomic E-state index is 0.104. The summed E-state index contributed by atoms with van der Waals surface area (Å²) in [6.07, 6.45) is 6.37. The number of ether oxygens (including phenoxy) is 1. The summed E-state index contributed by atoms with van der Waals surface area (Å²) in [5, 5.41) is 8.81. The van der Waals surface area contributed by atoms with E-state index in [4.69, 9.17) is 9.84 Å². The lowest BCUT2D eigenvalue weighted by molar-refractivity contribution is -0.131. The lowest BCUT2D eigenvalue weighted by atomic mass is 10.1. The fourth-order valence-corrected chi connectivity index (χ4v) is 5.47. The first-order valence-corrected chi connectivity index (χ1v) is 12.7. The van der Waals surface area contributed by atoms with Gasteiger partial charge < -0.3 is 14.7 Å². The molecule has 7 nitrogen and oxygen atoms in total. The highest BCUT2D eigenvalue weighted by molar-refractivity contribution is 7.98. The smallest absolute Gasteiger partial charge is 0.331 e. The van der Waals surface area contributed by atoms with Crippen LogP contribution in [0.25, 0.3) is 0 Å². The third-order valence-corrected chi connectivity index (χ3v) is 7.24. The van der Waals surface area contributed by atoms with Crippen LogP contribution in [-0.2, 0) is 14.8 Å². The molecule has 0 aromatic heterocycles. The molecule has 0 fully saturated rings. The summed E-state index contributed by atoms with van der Waals surface area (Å²) < 4.78 is 34.8. The van der Waals surface area contributed by atoms with Gasteiger partial charge in [0.05, 0.1) is 22.9 Å². The Morgan fingerprint density at radius 3 is 2.71 bits per heavy atom. The Balaban J connectivity index is 2.14. The van der Waals surface area contributed by atoms with Gasteiger partial charge in [0, 0.05) is 24.3 Å². The highest BCUT2D eigenvalue weighted by atomic mass is 32.2. The minimum atomic E-state index is -3.81. The van der Waals surface area contributed by atoms with Crippen LogP contribution in [0.5, 0.6) is 5.75 Å². The van der Waals surface area contributed by atoms with Crippen molar-refractivity contribution in [2.75, 3.05) is 17.7 Å². The zero-order chi connectivity index (χ0) is 22.4. The number of unbranched alkanes of at least 4 members (excludes halogenated alkanes) is 1. The number of anilines is 2. The second kappa shape index (κ2) is 10.2. The van der Waals surface area contributed by atoms with E-state index >= 15 is 0 Å². The van der Waals surface area contributed by atoms with Gasteiger partial charge in [-0.05, 0) is 30.9 Å². The Labute approximate surface area is 187 Å². The van der Waals surface area contributed by atoms with Crippen LogP contribution in [0, 0.1) is 0 Å². The van der Waals surface area contributed by atoms with Crippen molar-refractivity contribution in [2.24, 2.45) is 0 Å². The number of benzene rings is 2. The van der Waals surface area contributed by atoms with Gasteiger partial charge in [-0.15, -0.1) is 11.8 Å². The maximum atomic E-state index is 13.3. The molecule has 3 rings (SSSR count). The van der Waals surface area contributed by atoms with E-state index in [1.165, 1.54) is 17.8 Å². The maximum absolute atomic E-state index is 13.3. The van der Waals surface area contributed by atoms with Crippen molar-refractivity contribution in [1.29, 1.82) is 0 Å². The molecule has 0 radical (unpaired) electrons. The molecule has 31 heavy (non-hydrogen) atoms. The van der Waals surface area contributed by atoms with Crippen LogP contribution in [0.3, 0.4) is 0 Å². The van der Waals surface area contributed by atoms with E-state index in [0.29, 0.717) is 17.1 Å². The lowest BCUT2D eigenvalue weighted by Crippen LogP contribution is -2.39. The van der Waals surface area contributed by atoms with E-state index in [1.807, 2.05) is 41.5 Å². The number of carboxylic acid groups (broad SMARTS) is 1. The molecule has 1 atom stereocenters. The van der Waals surface area contributed by atoms with Crippen molar-refractivity contribution in [3.63, 3.8) is 0 Å². The van der Waals surface area contributed by atoms with E-state index in [1.54, 1.807) is 6.07 Å². The van der Waals surface area contributed by atoms with E-state index in [-0.39, 0.29) is 16.7 Å². The molecule has 0 amide bonds. The fraction of sp³-hybridized carbons (Fsp3) is 0.318. The molecule has 0 aliphatic carbocycles. The number of sulfonamides is 1. The molecule has 0 bridgehead atoms. The maximum Gasteiger partial charge on any atom is 0.331 e. The van der Waals surface area contributed by atoms with Crippen molar-refractivity contribution >= 4 is 39.1 Å². The van der Waals surface area contributed by atoms with E-state index in [9.17, 15) is 13.2 Å². The summed E-state index contributed by atoms with van der Waals surface area (Å²) in [6, 6.07) is 12.7. The van der Waals surface area contributed by atoms with E-state index < -0.39 is 16.0 Å². The molecule has 1 unspecified atom stereocenters. The van der Waals surface area contributed by atoms with Crippen molar-refractivity contribution < 1.29 is 23.1 Å². The molecule has 2 aromatic carbocycles. The van der Waals surface area contributed by atoms with Gasteiger partial charge in [0.1, 0.15) is 10.6 Å². The van der Waals surface area contributed by atoms with Crippen molar-refractivity contribution in [3.05, 3.63) is 54.8 Å². The standard InChI is InChI=1S/C22H26N2O5S2/c1-3-4-8-16-15-24(17-9-6-5-7-10-17)18-13-20(30-2)19(29-12-11-22(25)26)14-21(18)31(27,28)23-16/h5-7,9-14,16,23H,3-4,8,15H2,1-2H3,(H,25,26)/b12-11+. The Morgan fingerprint density at radius 1 is 1.32 bits per heavy atom. The molecule has 1 heterocycles. The molecule has 1 aliphatic heterocycles. The summed E-state index contributed by atoms with van der Waals surface area (Å²) in [5.74, 6) is -0.863. The van der Waals surface area contributed by atoms with Gasteiger partial charge in [-0.25, -0.2) is 17.9 Å². The number of thioether (sulfide) groups is 1. The molecular formula is C22H26N2O5S2. The van der Waals surface area contributed by atoms with Gasteiger partial charge in [0.15, 0.2) is 0 Å². The molecule has 1 aliphatic rings. The van der Waals surface area contributed by atoms with Gasteiger partial charge in [-0.3, -0.25) is 0 Å². The van der Waals surface area contributed by atoms with E-state index in [2.05, 4.69) is 11.6 Å². The van der Waals surface area contributed by atoms with Crippen LogP contribution < -0.4 is 14.4 Å². The van der Waals surface area contributed by atoms with Crippen molar-refractivity contribution in [2.45, 2.75) is 42.0 Å². The third kappa shape index (κ3) is 5.61. The Bertz CT molecular complexity index is 1060. The van der Waals surface area contributed by atoms with Crippen LogP contribution in [0.15, 0.2) is 64.6 Å². The first-order valence-electron chi connectivity index (χ1n) is 9.98. The zero-order valence-electron chi connectivity index (χ0n) is 17.4. The number of para-hydroxylation sites is 1. The summed E-state index contributed by atoms with van der Waals surface area (Å²) in [5.41, 5.74) is 1.47. The normalized spacial score (nSPS) is 17.9. The lowest BCUT2D eigenvalue weighted by Gasteiger charge is -2.27. The Morgan fingerprint density at radius 2 is 2.06 bits per heavy atom. The number of rotatable bonds is 8. The van der Waals surface area contributed by atoms with Gasteiger partial charge in [0.2, 0.25) is 10.0 Å². The SMILES string of the molecule is CCCCC1CN(c2ccccc2)c2cc(SC)c(O/C=C/C(=O)O)cc2S(=O)(=O)N1. The van der Waals surface area contributed by atoms with Gasteiger partial charge >= 0.3 is 5.97 Å². The number of nitrogens with zero attached hydrogens (tertiary/aromatic N) is 1. The highest BCUT2D eigenvalue weighted by Gasteiger charge is 2.33. The molecule has 0 saturated heterocycles. The molecule has 166 valence electrons. The predicted octanol–water partition coefficient (Wildman–Crippen LogP) is 4.37. The first kappa shape index (κ1) is 23.2. The van der Waals surface area contributed by atoms with Crippen molar-refractivity contribution in [1.82, 2.24) is 4.72 Å². The summed E-state index contributed by atoms with van der Waals surface area (Å²) in [7, 11) is -3.81. The molecule has 9 heteroatoms. The second-order valence-electron chi connectivity index (χ2n) is 7.14. The van der Waals surface area contributed by atoms with E-state index in [0.717, 1.165) is 37.3 Å². The zero-order valence-corrected chi connectivity index (χ0v) is 19.1. The minimum Gasteiger partial charge on any atom is -0.478 e. The van der Waals surface area contributed by atoms with Crippen LogP contribution >= 0.6 is 11.8 Å². The number of aliphatic carboxylic acids is 1. The van der Waals surface area contributed by atoms with Gasteiger partial charge in [0.25, 0.3) is 0 Å². The van der Waals surface area contributed by atoms with Crippen LogP contribution in [0.1, 0.15) is 26.2 Å². The predicted molar refractivity (Wildman–Crippen MR) is 123 cm³/mol. The molecular weight excluding hydrogens is 436 g/mol. The Kier molecular flexibility index (Phi) is 7.64.